The van der Waals surface area contributed by atoms with Crippen molar-refractivity contribution in [2.45, 2.75) is 19.6 Å². The van der Waals surface area contributed by atoms with E-state index in [1.54, 1.807) is 21.3 Å². The maximum Gasteiger partial charge on any atom is 0.191 e. The minimum atomic E-state index is 0.637. The molecule has 0 aromatic heterocycles. The molecule has 1 aliphatic heterocycles. The van der Waals surface area contributed by atoms with E-state index in [2.05, 4.69) is 44.8 Å². The zero-order chi connectivity index (χ0) is 21.2. The third-order valence-corrected chi connectivity index (χ3v) is 5.12. The first-order valence-electron chi connectivity index (χ1n) is 10.2. The molecule has 0 unspecified atom stereocenters. The van der Waals surface area contributed by atoms with Crippen molar-refractivity contribution in [3.8, 4) is 11.5 Å². The van der Waals surface area contributed by atoms with Gasteiger partial charge in [0.05, 0.1) is 27.4 Å². The Morgan fingerprint density at radius 3 is 2.13 bits per heavy atom. The fourth-order valence-electron chi connectivity index (χ4n) is 3.36. The lowest BCUT2D eigenvalue weighted by Crippen LogP contribution is -2.36. The second kappa shape index (κ2) is 11.4. The molecule has 1 fully saturated rings. The first-order valence-corrected chi connectivity index (χ1v) is 10.2. The number of benzene rings is 2. The predicted molar refractivity (Wildman–Crippen MR) is 119 cm³/mol. The van der Waals surface area contributed by atoms with Gasteiger partial charge in [0.1, 0.15) is 0 Å². The van der Waals surface area contributed by atoms with E-state index in [1.165, 1.54) is 11.1 Å². The molecule has 1 saturated heterocycles. The molecule has 162 valence electrons. The topological polar surface area (TPSA) is 67.4 Å². The SMILES string of the molecule is CN=C(NCc1ccc(CN2CCOCC2)cc1)NCc1ccc(OC)c(OC)c1. The zero-order valence-corrected chi connectivity index (χ0v) is 18.1. The Hall–Kier alpha value is -2.77. The summed E-state index contributed by atoms with van der Waals surface area (Å²) in [5.74, 6) is 2.19. The van der Waals surface area contributed by atoms with E-state index in [-0.39, 0.29) is 0 Å². The summed E-state index contributed by atoms with van der Waals surface area (Å²) in [6, 6.07) is 14.6. The maximum atomic E-state index is 5.41. The van der Waals surface area contributed by atoms with Crippen LogP contribution >= 0.6 is 0 Å². The van der Waals surface area contributed by atoms with Crippen molar-refractivity contribution < 1.29 is 14.2 Å². The summed E-state index contributed by atoms with van der Waals surface area (Å²) in [5, 5.41) is 6.70. The molecule has 2 aromatic carbocycles. The Balaban J connectivity index is 1.47. The van der Waals surface area contributed by atoms with Crippen LogP contribution < -0.4 is 20.1 Å². The first-order chi connectivity index (χ1) is 14.7. The fraction of sp³-hybridized carbons (Fsp3) is 0.435. The molecule has 0 bridgehead atoms. The monoisotopic (exact) mass is 412 g/mol. The molecule has 1 aliphatic rings. The Bertz CT molecular complexity index is 818. The highest BCUT2D eigenvalue weighted by atomic mass is 16.5. The van der Waals surface area contributed by atoms with Crippen molar-refractivity contribution in [1.82, 2.24) is 15.5 Å². The predicted octanol–water partition coefficient (Wildman–Crippen LogP) is 2.40. The van der Waals surface area contributed by atoms with Crippen LogP contribution in [0, 0.1) is 0 Å². The van der Waals surface area contributed by atoms with Crippen molar-refractivity contribution in [1.29, 1.82) is 0 Å². The molecule has 0 saturated carbocycles. The number of nitrogens with one attached hydrogen (secondary N) is 2. The van der Waals surface area contributed by atoms with Crippen molar-refractivity contribution in [2.24, 2.45) is 4.99 Å². The summed E-state index contributed by atoms with van der Waals surface area (Å²) >= 11 is 0. The van der Waals surface area contributed by atoms with Gasteiger partial charge < -0.3 is 24.8 Å². The van der Waals surface area contributed by atoms with Gasteiger partial charge in [-0.25, -0.2) is 0 Å². The molecule has 3 rings (SSSR count). The quantitative estimate of drug-likeness (QED) is 0.513. The molecule has 0 atom stereocenters. The summed E-state index contributed by atoms with van der Waals surface area (Å²) in [6.07, 6.45) is 0. The van der Waals surface area contributed by atoms with Gasteiger partial charge in [0, 0.05) is 39.8 Å². The lowest BCUT2D eigenvalue weighted by Gasteiger charge is -2.26. The van der Waals surface area contributed by atoms with Gasteiger partial charge in [0.25, 0.3) is 0 Å². The van der Waals surface area contributed by atoms with E-state index in [0.717, 1.165) is 55.9 Å². The highest BCUT2D eigenvalue weighted by Gasteiger charge is 2.10. The number of hydrogen-bond donors (Lipinski definition) is 2. The van der Waals surface area contributed by atoms with Crippen molar-refractivity contribution in [3.05, 3.63) is 59.2 Å². The second-order valence-corrected chi connectivity index (χ2v) is 7.17. The van der Waals surface area contributed by atoms with E-state index >= 15 is 0 Å². The average molecular weight is 413 g/mol. The Labute approximate surface area is 179 Å². The van der Waals surface area contributed by atoms with Gasteiger partial charge in [-0.3, -0.25) is 9.89 Å². The van der Waals surface area contributed by atoms with Crippen LogP contribution in [0.25, 0.3) is 0 Å². The van der Waals surface area contributed by atoms with Crippen LogP contribution in [0.5, 0.6) is 11.5 Å². The van der Waals surface area contributed by atoms with Crippen LogP contribution in [0.2, 0.25) is 0 Å². The van der Waals surface area contributed by atoms with Gasteiger partial charge in [-0.1, -0.05) is 30.3 Å². The van der Waals surface area contributed by atoms with Gasteiger partial charge in [0.2, 0.25) is 0 Å². The molecule has 1 heterocycles. The average Bonchev–Trinajstić information content (AvgIpc) is 2.80. The van der Waals surface area contributed by atoms with Crippen LogP contribution in [0.4, 0.5) is 0 Å². The Kier molecular flexibility index (Phi) is 8.35. The van der Waals surface area contributed by atoms with Gasteiger partial charge in [-0.05, 0) is 28.8 Å². The largest absolute Gasteiger partial charge is 0.493 e. The minimum absolute atomic E-state index is 0.637. The number of guanidine groups is 1. The van der Waals surface area contributed by atoms with Crippen molar-refractivity contribution in [2.75, 3.05) is 47.6 Å². The lowest BCUT2D eigenvalue weighted by atomic mass is 10.1. The van der Waals surface area contributed by atoms with E-state index in [4.69, 9.17) is 14.2 Å². The number of rotatable bonds is 8. The third kappa shape index (κ3) is 6.37. The van der Waals surface area contributed by atoms with Gasteiger partial charge in [-0.15, -0.1) is 0 Å². The first kappa shape index (κ1) is 21.9. The van der Waals surface area contributed by atoms with E-state index in [0.29, 0.717) is 13.1 Å². The van der Waals surface area contributed by atoms with Crippen LogP contribution in [-0.2, 0) is 24.4 Å². The lowest BCUT2D eigenvalue weighted by molar-refractivity contribution is 0.0342. The molecule has 2 aromatic rings. The highest BCUT2D eigenvalue weighted by Crippen LogP contribution is 2.27. The zero-order valence-electron chi connectivity index (χ0n) is 18.1. The maximum absolute atomic E-state index is 5.41. The van der Waals surface area contributed by atoms with Gasteiger partial charge in [0.15, 0.2) is 17.5 Å². The molecule has 7 nitrogen and oxygen atoms in total. The van der Waals surface area contributed by atoms with Crippen LogP contribution in [0.1, 0.15) is 16.7 Å². The number of ether oxygens (including phenoxy) is 3. The van der Waals surface area contributed by atoms with Crippen LogP contribution in [0.15, 0.2) is 47.5 Å². The molecule has 30 heavy (non-hydrogen) atoms. The summed E-state index contributed by atoms with van der Waals surface area (Å²) < 4.78 is 16.1. The van der Waals surface area contributed by atoms with Crippen LogP contribution in [-0.4, -0.2) is 58.4 Å². The number of methoxy groups -OCH3 is 2. The third-order valence-electron chi connectivity index (χ3n) is 5.12. The molecule has 0 spiro atoms. The molecular weight excluding hydrogens is 380 g/mol. The molecule has 0 aliphatic carbocycles. The standard InChI is InChI=1S/C23H32N4O3/c1-24-23(26-16-20-8-9-21(28-2)22(14-20)29-3)25-15-18-4-6-19(7-5-18)17-27-10-12-30-13-11-27/h4-9,14H,10-13,15-17H2,1-3H3,(H2,24,25,26). The number of nitrogens with zero attached hydrogens (tertiary/aromatic N) is 2. The molecule has 0 amide bonds. The molecule has 7 heteroatoms. The summed E-state index contributed by atoms with van der Waals surface area (Å²) in [7, 11) is 5.05. The summed E-state index contributed by atoms with van der Waals surface area (Å²) in [4.78, 5) is 6.74. The normalized spacial score (nSPS) is 15.0. The highest BCUT2D eigenvalue weighted by molar-refractivity contribution is 5.79. The molecule has 0 radical (unpaired) electrons. The fourth-order valence-corrected chi connectivity index (χ4v) is 3.36. The summed E-state index contributed by atoms with van der Waals surface area (Å²) in [6.45, 7) is 6.00. The number of hydrogen-bond acceptors (Lipinski definition) is 5. The smallest absolute Gasteiger partial charge is 0.191 e. The molecule has 2 N–H and O–H groups in total. The number of morpholine rings is 1. The van der Waals surface area contributed by atoms with Gasteiger partial charge in [-0.2, -0.15) is 0 Å². The van der Waals surface area contributed by atoms with E-state index in [9.17, 15) is 0 Å². The van der Waals surface area contributed by atoms with Gasteiger partial charge >= 0.3 is 0 Å². The summed E-state index contributed by atoms with van der Waals surface area (Å²) in [5.41, 5.74) is 3.63. The Morgan fingerprint density at radius 1 is 0.900 bits per heavy atom. The van der Waals surface area contributed by atoms with E-state index in [1.807, 2.05) is 18.2 Å². The second-order valence-electron chi connectivity index (χ2n) is 7.17. The minimum Gasteiger partial charge on any atom is -0.493 e. The van der Waals surface area contributed by atoms with Crippen LogP contribution in [0.3, 0.4) is 0 Å². The Morgan fingerprint density at radius 2 is 1.50 bits per heavy atom. The number of aliphatic imine (C=N–C) groups is 1. The van der Waals surface area contributed by atoms with E-state index < -0.39 is 0 Å². The van der Waals surface area contributed by atoms with Crippen molar-refractivity contribution >= 4 is 5.96 Å². The molecular formula is C23H32N4O3. The van der Waals surface area contributed by atoms with Crippen molar-refractivity contribution in [3.63, 3.8) is 0 Å².